The highest BCUT2D eigenvalue weighted by Crippen LogP contribution is 2.26. The highest BCUT2D eigenvalue weighted by molar-refractivity contribution is 6.00. The van der Waals surface area contributed by atoms with Gasteiger partial charge in [-0.3, -0.25) is 4.79 Å². The summed E-state index contributed by atoms with van der Waals surface area (Å²) in [5.41, 5.74) is 3.57. The molecule has 0 N–H and O–H groups in total. The monoisotopic (exact) mass is 228 g/mol. The van der Waals surface area contributed by atoms with E-state index in [1.54, 1.807) is 0 Å². The van der Waals surface area contributed by atoms with E-state index in [1.807, 2.05) is 6.07 Å². The summed E-state index contributed by atoms with van der Waals surface area (Å²) in [6.45, 7) is 4.39. The third-order valence-electron chi connectivity index (χ3n) is 3.41. The molecular weight excluding hydrogens is 208 g/mol. The van der Waals surface area contributed by atoms with Crippen molar-refractivity contribution in [3.63, 3.8) is 0 Å². The molecule has 17 heavy (non-hydrogen) atoms. The molecule has 1 aliphatic carbocycles. The van der Waals surface area contributed by atoms with Gasteiger partial charge in [-0.25, -0.2) is 0 Å². The molecule has 0 heterocycles. The van der Waals surface area contributed by atoms with Crippen LogP contribution in [0, 0.1) is 0 Å². The number of rotatable bonds is 2. The lowest BCUT2D eigenvalue weighted by atomic mass is 9.89. The van der Waals surface area contributed by atoms with E-state index in [9.17, 15) is 4.79 Å². The predicted molar refractivity (Wildman–Crippen MR) is 72.0 cm³/mol. The Morgan fingerprint density at radius 3 is 2.53 bits per heavy atom. The van der Waals surface area contributed by atoms with Crippen LogP contribution in [0.4, 0.5) is 0 Å². The molecule has 1 saturated carbocycles. The van der Waals surface area contributed by atoms with Crippen LogP contribution in [0.1, 0.15) is 56.6 Å². The maximum Gasteiger partial charge on any atom is 0.158 e. The number of ketones is 1. The van der Waals surface area contributed by atoms with Gasteiger partial charge in [0.05, 0.1) is 0 Å². The molecule has 0 aliphatic heterocycles. The van der Waals surface area contributed by atoms with E-state index in [2.05, 4.69) is 38.1 Å². The largest absolute Gasteiger partial charge is 0.295 e. The summed E-state index contributed by atoms with van der Waals surface area (Å²) in [5, 5.41) is 0. The van der Waals surface area contributed by atoms with Gasteiger partial charge in [-0.05, 0) is 48.0 Å². The lowest BCUT2D eigenvalue weighted by Crippen LogP contribution is -2.08. The fourth-order valence-electron chi connectivity index (χ4n) is 2.41. The molecule has 1 heteroatoms. The van der Waals surface area contributed by atoms with E-state index in [0.29, 0.717) is 11.7 Å². The van der Waals surface area contributed by atoms with E-state index >= 15 is 0 Å². The zero-order chi connectivity index (χ0) is 12.3. The van der Waals surface area contributed by atoms with Gasteiger partial charge >= 0.3 is 0 Å². The van der Waals surface area contributed by atoms with Crippen LogP contribution in [0.5, 0.6) is 0 Å². The van der Waals surface area contributed by atoms with Crippen LogP contribution in [-0.2, 0) is 4.79 Å². The van der Waals surface area contributed by atoms with Gasteiger partial charge in [0.25, 0.3) is 0 Å². The maximum absolute atomic E-state index is 11.8. The Morgan fingerprint density at radius 2 is 1.82 bits per heavy atom. The first-order valence-corrected chi connectivity index (χ1v) is 6.51. The lowest BCUT2D eigenvalue weighted by Gasteiger charge is -2.15. The Hall–Kier alpha value is -1.37. The Labute approximate surface area is 104 Å². The maximum atomic E-state index is 11.8. The van der Waals surface area contributed by atoms with Crippen LogP contribution in [0.25, 0.3) is 6.08 Å². The van der Waals surface area contributed by atoms with E-state index in [4.69, 9.17) is 0 Å². The third kappa shape index (κ3) is 2.85. The van der Waals surface area contributed by atoms with Crippen molar-refractivity contribution in [3.8, 4) is 0 Å². The molecule has 1 fully saturated rings. The second-order valence-corrected chi connectivity index (χ2v) is 5.08. The summed E-state index contributed by atoms with van der Waals surface area (Å²) in [4.78, 5) is 11.8. The molecule has 2 rings (SSSR count). The van der Waals surface area contributed by atoms with Crippen LogP contribution >= 0.6 is 0 Å². The summed E-state index contributed by atoms with van der Waals surface area (Å²) < 4.78 is 0. The topological polar surface area (TPSA) is 17.1 Å². The SMILES string of the molecule is CC(C)c1ccccc1C=C1CCCCC1=O. The van der Waals surface area contributed by atoms with Gasteiger partial charge in [-0.1, -0.05) is 38.1 Å². The molecule has 0 saturated heterocycles. The van der Waals surface area contributed by atoms with Crippen molar-refractivity contribution in [3.05, 3.63) is 41.0 Å². The highest BCUT2D eigenvalue weighted by atomic mass is 16.1. The summed E-state index contributed by atoms with van der Waals surface area (Å²) >= 11 is 0. The Morgan fingerprint density at radius 1 is 1.12 bits per heavy atom. The Kier molecular flexibility index (Phi) is 3.78. The number of hydrogen-bond donors (Lipinski definition) is 0. The molecular formula is C16H20O. The van der Waals surface area contributed by atoms with Crippen molar-refractivity contribution in [2.75, 3.05) is 0 Å². The minimum Gasteiger partial charge on any atom is -0.295 e. The molecule has 1 aliphatic rings. The molecule has 0 aromatic heterocycles. The van der Waals surface area contributed by atoms with Crippen molar-refractivity contribution in [2.24, 2.45) is 0 Å². The van der Waals surface area contributed by atoms with Gasteiger partial charge in [0.2, 0.25) is 0 Å². The number of benzene rings is 1. The Balaban J connectivity index is 2.34. The highest BCUT2D eigenvalue weighted by Gasteiger charge is 2.15. The van der Waals surface area contributed by atoms with Gasteiger partial charge in [-0.2, -0.15) is 0 Å². The minimum absolute atomic E-state index is 0.342. The predicted octanol–water partition coefficient (Wildman–Crippen LogP) is 4.34. The minimum atomic E-state index is 0.342. The lowest BCUT2D eigenvalue weighted by molar-refractivity contribution is -0.116. The van der Waals surface area contributed by atoms with Crippen molar-refractivity contribution < 1.29 is 4.79 Å². The quantitative estimate of drug-likeness (QED) is 0.688. The van der Waals surface area contributed by atoms with Crippen LogP contribution in [-0.4, -0.2) is 5.78 Å². The number of carbonyl (C=O) groups excluding carboxylic acids is 1. The van der Waals surface area contributed by atoms with Gasteiger partial charge in [-0.15, -0.1) is 0 Å². The second-order valence-electron chi connectivity index (χ2n) is 5.08. The number of hydrogen-bond acceptors (Lipinski definition) is 1. The smallest absolute Gasteiger partial charge is 0.158 e. The molecule has 90 valence electrons. The summed E-state index contributed by atoms with van der Waals surface area (Å²) in [6, 6.07) is 8.39. The van der Waals surface area contributed by atoms with Crippen LogP contribution in [0.3, 0.4) is 0 Å². The normalized spacial score (nSPS) is 19.0. The van der Waals surface area contributed by atoms with E-state index < -0.39 is 0 Å². The Bertz CT molecular complexity index is 441. The van der Waals surface area contributed by atoms with Gasteiger partial charge < -0.3 is 0 Å². The van der Waals surface area contributed by atoms with E-state index in [1.165, 1.54) is 11.1 Å². The molecule has 1 aromatic carbocycles. The third-order valence-corrected chi connectivity index (χ3v) is 3.41. The van der Waals surface area contributed by atoms with Gasteiger partial charge in [0.15, 0.2) is 5.78 Å². The molecule has 1 aromatic rings. The molecule has 0 bridgehead atoms. The first kappa shape index (κ1) is 12.1. The summed E-state index contributed by atoms with van der Waals surface area (Å²) in [6.07, 6.45) is 6.00. The van der Waals surface area contributed by atoms with Crippen molar-refractivity contribution in [2.45, 2.75) is 45.4 Å². The van der Waals surface area contributed by atoms with E-state index in [0.717, 1.165) is 31.3 Å². The van der Waals surface area contributed by atoms with E-state index in [-0.39, 0.29) is 0 Å². The standard InChI is InChI=1S/C16H20O/c1-12(2)15-9-5-3-7-13(15)11-14-8-4-6-10-16(14)17/h3,5,7,9,11-12H,4,6,8,10H2,1-2H3. The summed E-state index contributed by atoms with van der Waals surface area (Å²) in [7, 11) is 0. The first-order valence-electron chi connectivity index (χ1n) is 6.51. The first-order chi connectivity index (χ1) is 8.18. The number of carbonyl (C=O) groups is 1. The molecule has 0 spiro atoms. The average Bonchev–Trinajstić information content (AvgIpc) is 2.32. The fraction of sp³-hybridized carbons (Fsp3) is 0.438. The van der Waals surface area contributed by atoms with Crippen molar-refractivity contribution in [1.82, 2.24) is 0 Å². The van der Waals surface area contributed by atoms with Crippen LogP contribution < -0.4 is 0 Å². The molecule has 1 nitrogen and oxygen atoms in total. The second kappa shape index (κ2) is 5.31. The van der Waals surface area contributed by atoms with Crippen LogP contribution in [0.15, 0.2) is 29.8 Å². The zero-order valence-electron chi connectivity index (χ0n) is 10.7. The van der Waals surface area contributed by atoms with Gasteiger partial charge in [0, 0.05) is 6.42 Å². The average molecular weight is 228 g/mol. The number of Topliss-reactive ketones (excluding diaryl/α,β-unsaturated/α-hetero) is 1. The molecule has 0 atom stereocenters. The van der Waals surface area contributed by atoms with Gasteiger partial charge in [0.1, 0.15) is 0 Å². The van der Waals surface area contributed by atoms with Crippen molar-refractivity contribution in [1.29, 1.82) is 0 Å². The van der Waals surface area contributed by atoms with Crippen molar-refractivity contribution >= 4 is 11.9 Å². The molecule has 0 radical (unpaired) electrons. The molecule has 0 unspecified atom stereocenters. The number of allylic oxidation sites excluding steroid dienone is 1. The summed E-state index contributed by atoms with van der Waals surface area (Å²) in [5.74, 6) is 0.844. The zero-order valence-corrected chi connectivity index (χ0v) is 10.7. The molecule has 0 amide bonds. The van der Waals surface area contributed by atoms with Crippen LogP contribution in [0.2, 0.25) is 0 Å². The fourth-order valence-corrected chi connectivity index (χ4v) is 2.41.